The van der Waals surface area contributed by atoms with Gasteiger partial charge in [0.15, 0.2) is 15.8 Å². The van der Waals surface area contributed by atoms with Crippen molar-refractivity contribution in [1.29, 1.82) is 0 Å². The number of rotatable bonds is 8. The molecule has 160 valence electrons. The predicted octanol–water partition coefficient (Wildman–Crippen LogP) is 2.34. The Kier molecular flexibility index (Phi) is 7.46. The molecule has 0 aromatic heterocycles. The van der Waals surface area contributed by atoms with Crippen LogP contribution >= 0.6 is 0 Å². The van der Waals surface area contributed by atoms with Crippen LogP contribution in [0.5, 0.6) is 0 Å². The van der Waals surface area contributed by atoms with Gasteiger partial charge in [-0.05, 0) is 43.2 Å². The van der Waals surface area contributed by atoms with E-state index >= 15 is 0 Å². The van der Waals surface area contributed by atoms with Crippen molar-refractivity contribution in [3.63, 3.8) is 0 Å². The number of carbonyl (C=O) groups is 1. The Morgan fingerprint density at radius 1 is 1.07 bits per heavy atom. The molecule has 1 saturated heterocycles. The summed E-state index contributed by atoms with van der Waals surface area (Å²) in [6.45, 7) is 4.12. The van der Waals surface area contributed by atoms with Gasteiger partial charge in [0.05, 0.1) is 17.2 Å². The minimum atomic E-state index is -3.33. The van der Waals surface area contributed by atoms with Crippen LogP contribution in [0.25, 0.3) is 0 Å². The molecule has 0 spiro atoms. The van der Waals surface area contributed by atoms with Crippen LogP contribution < -0.4 is 15.5 Å². The molecule has 8 heteroatoms. The van der Waals surface area contributed by atoms with Gasteiger partial charge in [0.2, 0.25) is 5.91 Å². The van der Waals surface area contributed by atoms with Crippen LogP contribution in [0.4, 0.5) is 5.69 Å². The summed E-state index contributed by atoms with van der Waals surface area (Å²) in [5, 5.41) is 6.22. The third-order valence-corrected chi connectivity index (χ3v) is 6.58. The van der Waals surface area contributed by atoms with E-state index in [4.69, 9.17) is 0 Å². The number of hydrogen-bond donors (Lipinski definition) is 2. The lowest BCUT2D eigenvalue weighted by Crippen LogP contribution is -2.39. The molecule has 0 bridgehead atoms. The number of aliphatic imine (C=N–C) groups is 1. The van der Waals surface area contributed by atoms with Crippen LogP contribution in [0.15, 0.2) is 64.5 Å². The molecule has 0 atom stereocenters. The van der Waals surface area contributed by atoms with Gasteiger partial charge in [-0.2, -0.15) is 0 Å². The third-order valence-electron chi connectivity index (χ3n) is 4.85. The minimum absolute atomic E-state index is 0.0139. The Hall–Kier alpha value is -2.87. The molecule has 0 saturated carbocycles. The number of guanidine groups is 1. The molecule has 0 aliphatic carbocycles. The highest BCUT2D eigenvalue weighted by Gasteiger charge is 2.21. The highest BCUT2D eigenvalue weighted by atomic mass is 32.2. The molecule has 1 aliphatic rings. The van der Waals surface area contributed by atoms with E-state index in [2.05, 4.69) is 15.6 Å². The second-order valence-corrected chi connectivity index (χ2v) is 9.18. The lowest BCUT2D eigenvalue weighted by atomic mass is 10.2. The Morgan fingerprint density at radius 2 is 1.80 bits per heavy atom. The minimum Gasteiger partial charge on any atom is -0.357 e. The molecular formula is C22H28N4O3S. The monoisotopic (exact) mass is 428 g/mol. The fourth-order valence-electron chi connectivity index (χ4n) is 3.26. The molecule has 2 aromatic rings. The molecule has 2 N–H and O–H groups in total. The van der Waals surface area contributed by atoms with Gasteiger partial charge in [-0.15, -0.1) is 0 Å². The molecule has 2 aromatic carbocycles. The van der Waals surface area contributed by atoms with Crippen LogP contribution in [-0.2, 0) is 21.2 Å². The van der Waals surface area contributed by atoms with Gasteiger partial charge in [-0.25, -0.2) is 13.4 Å². The van der Waals surface area contributed by atoms with Crippen LogP contribution in [-0.4, -0.2) is 45.7 Å². The molecule has 0 radical (unpaired) electrons. The summed E-state index contributed by atoms with van der Waals surface area (Å²) in [7, 11) is -3.33. The molecular weight excluding hydrogens is 400 g/mol. The zero-order valence-corrected chi connectivity index (χ0v) is 18.0. The number of nitrogens with one attached hydrogen (secondary N) is 2. The van der Waals surface area contributed by atoms with Crippen molar-refractivity contribution in [2.24, 2.45) is 4.99 Å². The highest BCUT2D eigenvalue weighted by Crippen LogP contribution is 2.21. The van der Waals surface area contributed by atoms with Crippen molar-refractivity contribution in [1.82, 2.24) is 10.6 Å². The van der Waals surface area contributed by atoms with Gasteiger partial charge in [0, 0.05) is 31.7 Å². The van der Waals surface area contributed by atoms with E-state index in [1.165, 1.54) is 0 Å². The Balaban J connectivity index is 1.56. The number of amides is 1. The van der Waals surface area contributed by atoms with Crippen molar-refractivity contribution < 1.29 is 13.2 Å². The summed E-state index contributed by atoms with van der Waals surface area (Å²) in [6.07, 6.45) is 1.52. The molecule has 1 aliphatic heterocycles. The first-order valence-corrected chi connectivity index (χ1v) is 11.8. The summed E-state index contributed by atoms with van der Waals surface area (Å²) >= 11 is 0. The van der Waals surface area contributed by atoms with E-state index in [0.29, 0.717) is 30.4 Å². The van der Waals surface area contributed by atoms with Crippen molar-refractivity contribution in [2.75, 3.05) is 30.3 Å². The molecule has 30 heavy (non-hydrogen) atoms. The summed E-state index contributed by atoms with van der Waals surface area (Å²) in [4.78, 5) is 18.5. The maximum Gasteiger partial charge on any atom is 0.227 e. The van der Waals surface area contributed by atoms with Crippen LogP contribution in [0, 0.1) is 0 Å². The van der Waals surface area contributed by atoms with Crippen LogP contribution in [0.3, 0.4) is 0 Å². The predicted molar refractivity (Wildman–Crippen MR) is 119 cm³/mol. The van der Waals surface area contributed by atoms with E-state index < -0.39 is 9.84 Å². The topological polar surface area (TPSA) is 90.9 Å². The Morgan fingerprint density at radius 3 is 2.43 bits per heavy atom. The largest absolute Gasteiger partial charge is 0.357 e. The van der Waals surface area contributed by atoms with E-state index in [9.17, 15) is 13.2 Å². The summed E-state index contributed by atoms with van der Waals surface area (Å²) in [5.41, 5.74) is 1.93. The second kappa shape index (κ2) is 10.2. The number of nitrogens with zero attached hydrogens (tertiary/aromatic N) is 2. The standard InChI is InChI=1S/C22H28N4O3S/c1-2-23-22(24-14-16-30(28,29)20-7-4-3-5-8-20)25-17-18-10-12-19(13-11-18)26-15-6-9-21(26)27/h3-5,7-8,10-13H,2,6,9,14-17H2,1H3,(H2,23,24,25). The molecule has 0 unspecified atom stereocenters. The number of sulfone groups is 1. The van der Waals surface area contributed by atoms with Crippen molar-refractivity contribution in [3.05, 3.63) is 60.2 Å². The summed E-state index contributed by atoms with van der Waals surface area (Å²) < 4.78 is 24.8. The molecule has 1 amide bonds. The van der Waals surface area contributed by atoms with E-state index in [-0.39, 0.29) is 18.2 Å². The molecule has 1 heterocycles. The maximum absolute atomic E-state index is 12.4. The van der Waals surface area contributed by atoms with Gasteiger partial charge in [-0.3, -0.25) is 4.79 Å². The number of hydrogen-bond acceptors (Lipinski definition) is 4. The van der Waals surface area contributed by atoms with E-state index in [0.717, 1.165) is 24.2 Å². The van der Waals surface area contributed by atoms with Crippen molar-refractivity contribution in [2.45, 2.75) is 31.2 Å². The Labute approximate surface area is 178 Å². The highest BCUT2D eigenvalue weighted by molar-refractivity contribution is 7.91. The van der Waals surface area contributed by atoms with Gasteiger partial charge in [0.1, 0.15) is 0 Å². The third kappa shape index (κ3) is 5.82. The van der Waals surface area contributed by atoms with Gasteiger partial charge in [-0.1, -0.05) is 30.3 Å². The van der Waals surface area contributed by atoms with Gasteiger partial charge in [0.25, 0.3) is 0 Å². The maximum atomic E-state index is 12.4. The van der Waals surface area contributed by atoms with Crippen LogP contribution in [0.2, 0.25) is 0 Å². The lowest BCUT2D eigenvalue weighted by molar-refractivity contribution is -0.117. The summed E-state index contributed by atoms with van der Waals surface area (Å²) in [5.74, 6) is 0.726. The van der Waals surface area contributed by atoms with Crippen LogP contribution in [0.1, 0.15) is 25.3 Å². The zero-order valence-electron chi connectivity index (χ0n) is 17.2. The number of benzene rings is 2. The SMILES string of the molecule is CCNC(=NCc1ccc(N2CCCC2=O)cc1)NCCS(=O)(=O)c1ccccc1. The number of carbonyl (C=O) groups excluding carboxylic acids is 1. The molecule has 7 nitrogen and oxygen atoms in total. The van der Waals surface area contributed by atoms with Gasteiger partial charge >= 0.3 is 0 Å². The Bertz CT molecular complexity index is 973. The average molecular weight is 429 g/mol. The normalized spacial score (nSPS) is 14.8. The van der Waals surface area contributed by atoms with Crippen molar-refractivity contribution >= 4 is 27.4 Å². The lowest BCUT2D eigenvalue weighted by Gasteiger charge is -2.16. The second-order valence-electron chi connectivity index (χ2n) is 7.07. The first-order valence-electron chi connectivity index (χ1n) is 10.2. The van der Waals surface area contributed by atoms with E-state index in [1.807, 2.05) is 36.1 Å². The van der Waals surface area contributed by atoms with Gasteiger partial charge < -0.3 is 15.5 Å². The van der Waals surface area contributed by atoms with Crippen molar-refractivity contribution in [3.8, 4) is 0 Å². The quantitative estimate of drug-likeness (QED) is 0.498. The average Bonchev–Trinajstić information content (AvgIpc) is 3.19. The molecule has 3 rings (SSSR count). The van der Waals surface area contributed by atoms with E-state index in [1.54, 1.807) is 30.3 Å². The first kappa shape index (κ1) is 21.8. The fourth-order valence-corrected chi connectivity index (χ4v) is 4.44. The molecule has 1 fully saturated rings. The summed E-state index contributed by atoms with van der Waals surface area (Å²) in [6, 6.07) is 16.3. The zero-order chi connectivity index (χ0) is 21.4. The smallest absolute Gasteiger partial charge is 0.227 e. The number of anilines is 1. The fraction of sp³-hybridized carbons (Fsp3) is 0.364. The first-order chi connectivity index (χ1) is 14.5.